The van der Waals surface area contributed by atoms with E-state index >= 15 is 0 Å². The van der Waals surface area contributed by atoms with Crippen LogP contribution in [0.5, 0.6) is 0 Å². The van der Waals surface area contributed by atoms with E-state index in [0.29, 0.717) is 11.3 Å². The van der Waals surface area contributed by atoms with Gasteiger partial charge in [-0.15, -0.1) is 0 Å². The highest BCUT2D eigenvalue weighted by Gasteiger charge is 2.32. The van der Waals surface area contributed by atoms with E-state index < -0.39 is 11.5 Å². The lowest BCUT2D eigenvalue weighted by Crippen LogP contribution is -2.37. The summed E-state index contributed by atoms with van der Waals surface area (Å²) in [5.74, 6) is -0.445. The highest BCUT2D eigenvalue weighted by molar-refractivity contribution is 5.97. The van der Waals surface area contributed by atoms with Gasteiger partial charge in [-0.3, -0.25) is 4.79 Å². The van der Waals surface area contributed by atoms with E-state index in [1.165, 1.54) is 6.92 Å². The molecule has 92 valence electrons. The van der Waals surface area contributed by atoms with Gasteiger partial charge in [0.15, 0.2) is 5.60 Å². The van der Waals surface area contributed by atoms with Crippen LogP contribution in [0.3, 0.4) is 0 Å². The molecule has 0 spiro atoms. The first-order valence-electron chi connectivity index (χ1n) is 5.75. The van der Waals surface area contributed by atoms with Gasteiger partial charge in [-0.25, -0.2) is 0 Å². The number of aliphatic hydroxyl groups is 1. The largest absolute Gasteiger partial charge is 0.376 e. The highest BCUT2D eigenvalue weighted by Crippen LogP contribution is 2.22. The van der Waals surface area contributed by atoms with Gasteiger partial charge in [0.25, 0.3) is 5.91 Å². The number of carbonyl (C=O) groups is 1. The highest BCUT2D eigenvalue weighted by atomic mass is 16.3. The molecule has 0 aliphatic heterocycles. The first-order chi connectivity index (χ1) is 8.60. The first kappa shape index (κ1) is 12.3. The zero-order valence-electron chi connectivity index (χ0n) is 10.1. The second-order valence-electron chi connectivity index (χ2n) is 4.26. The quantitative estimate of drug-likeness (QED) is 0.867. The van der Waals surface area contributed by atoms with E-state index in [2.05, 4.69) is 5.32 Å². The van der Waals surface area contributed by atoms with Gasteiger partial charge < -0.3 is 10.4 Å². The van der Waals surface area contributed by atoms with Gasteiger partial charge in [-0.1, -0.05) is 48.5 Å². The average Bonchev–Trinajstić information content (AvgIpc) is 2.41. The SMILES string of the molecule is CC(O)(C(=O)Nc1ccccc1)c1ccccc1. The molecule has 3 heteroatoms. The van der Waals surface area contributed by atoms with Crippen molar-refractivity contribution in [2.24, 2.45) is 0 Å². The summed E-state index contributed by atoms with van der Waals surface area (Å²) in [5.41, 5.74) is -0.311. The lowest BCUT2D eigenvalue weighted by atomic mass is 9.95. The number of hydrogen-bond acceptors (Lipinski definition) is 2. The normalized spacial score (nSPS) is 13.7. The number of benzene rings is 2. The maximum atomic E-state index is 12.1. The van der Waals surface area contributed by atoms with Gasteiger partial charge in [-0.05, 0) is 24.6 Å². The minimum atomic E-state index is -1.54. The van der Waals surface area contributed by atoms with Crippen molar-refractivity contribution in [1.82, 2.24) is 0 Å². The Balaban J connectivity index is 2.18. The molecule has 0 aromatic heterocycles. The fraction of sp³-hybridized carbons (Fsp3) is 0.133. The maximum absolute atomic E-state index is 12.1. The second kappa shape index (κ2) is 5.02. The summed E-state index contributed by atoms with van der Waals surface area (Å²) in [7, 11) is 0. The number of rotatable bonds is 3. The molecule has 2 aromatic carbocycles. The third-order valence-electron chi connectivity index (χ3n) is 2.81. The molecule has 2 aromatic rings. The summed E-state index contributed by atoms with van der Waals surface area (Å²) >= 11 is 0. The summed E-state index contributed by atoms with van der Waals surface area (Å²) in [5, 5.41) is 13.0. The van der Waals surface area contributed by atoms with Crippen LogP contribution in [-0.2, 0) is 10.4 Å². The van der Waals surface area contributed by atoms with Gasteiger partial charge in [0.05, 0.1) is 0 Å². The monoisotopic (exact) mass is 241 g/mol. The molecular weight excluding hydrogens is 226 g/mol. The van der Waals surface area contributed by atoms with Crippen LogP contribution in [0.25, 0.3) is 0 Å². The Bertz CT molecular complexity index is 521. The lowest BCUT2D eigenvalue weighted by Gasteiger charge is -2.22. The molecule has 0 fully saturated rings. The third-order valence-corrected chi connectivity index (χ3v) is 2.81. The fourth-order valence-electron chi connectivity index (χ4n) is 1.67. The van der Waals surface area contributed by atoms with Crippen LogP contribution in [-0.4, -0.2) is 11.0 Å². The van der Waals surface area contributed by atoms with Crippen LogP contribution in [0.15, 0.2) is 60.7 Å². The summed E-state index contributed by atoms with van der Waals surface area (Å²) in [6.45, 7) is 1.49. The summed E-state index contributed by atoms with van der Waals surface area (Å²) in [4.78, 5) is 12.1. The molecule has 2 N–H and O–H groups in total. The van der Waals surface area contributed by atoms with Crippen molar-refractivity contribution in [2.75, 3.05) is 5.32 Å². The minimum absolute atomic E-state index is 0.445. The van der Waals surface area contributed by atoms with Gasteiger partial charge in [-0.2, -0.15) is 0 Å². The van der Waals surface area contributed by atoms with Gasteiger partial charge in [0.1, 0.15) is 0 Å². The molecule has 0 aliphatic rings. The molecule has 1 unspecified atom stereocenters. The van der Waals surface area contributed by atoms with Crippen molar-refractivity contribution in [3.05, 3.63) is 66.2 Å². The van der Waals surface area contributed by atoms with E-state index in [1.807, 2.05) is 24.3 Å². The minimum Gasteiger partial charge on any atom is -0.376 e. The van der Waals surface area contributed by atoms with Crippen molar-refractivity contribution in [2.45, 2.75) is 12.5 Å². The molecule has 0 aliphatic carbocycles. The third kappa shape index (κ3) is 2.57. The standard InChI is InChI=1S/C15H15NO2/c1-15(18,12-8-4-2-5-9-12)14(17)16-13-10-6-3-7-11-13/h2-11,18H,1H3,(H,16,17). The summed E-state index contributed by atoms with van der Waals surface area (Å²) < 4.78 is 0. The van der Waals surface area contributed by atoms with Crippen molar-refractivity contribution >= 4 is 11.6 Å². The van der Waals surface area contributed by atoms with E-state index in [1.54, 1.807) is 36.4 Å². The Hall–Kier alpha value is -2.13. The molecular formula is C15H15NO2. The van der Waals surface area contributed by atoms with Crippen LogP contribution in [0.4, 0.5) is 5.69 Å². The van der Waals surface area contributed by atoms with Crippen molar-refractivity contribution in [3.8, 4) is 0 Å². The maximum Gasteiger partial charge on any atom is 0.260 e. The average molecular weight is 241 g/mol. The zero-order valence-corrected chi connectivity index (χ0v) is 10.1. The lowest BCUT2D eigenvalue weighted by molar-refractivity contribution is -0.133. The van der Waals surface area contributed by atoms with Crippen molar-refractivity contribution in [3.63, 3.8) is 0 Å². The van der Waals surface area contributed by atoms with Crippen LogP contribution in [0.2, 0.25) is 0 Å². The molecule has 1 atom stereocenters. The molecule has 1 amide bonds. The second-order valence-corrected chi connectivity index (χ2v) is 4.26. The molecule has 3 nitrogen and oxygen atoms in total. The Morgan fingerprint density at radius 3 is 2.06 bits per heavy atom. The molecule has 0 bridgehead atoms. The smallest absolute Gasteiger partial charge is 0.260 e. The first-order valence-corrected chi connectivity index (χ1v) is 5.75. The van der Waals surface area contributed by atoms with E-state index in [9.17, 15) is 9.90 Å². The van der Waals surface area contributed by atoms with Crippen molar-refractivity contribution < 1.29 is 9.90 Å². The number of hydrogen-bond donors (Lipinski definition) is 2. The summed E-state index contributed by atoms with van der Waals surface area (Å²) in [6, 6.07) is 18.0. The molecule has 0 heterocycles. The van der Waals surface area contributed by atoms with E-state index in [0.717, 1.165) is 0 Å². The van der Waals surface area contributed by atoms with Gasteiger partial charge in [0, 0.05) is 5.69 Å². The number of anilines is 1. The molecule has 18 heavy (non-hydrogen) atoms. The Labute approximate surface area is 106 Å². The van der Waals surface area contributed by atoms with Crippen LogP contribution in [0, 0.1) is 0 Å². The van der Waals surface area contributed by atoms with E-state index in [4.69, 9.17) is 0 Å². The van der Waals surface area contributed by atoms with Gasteiger partial charge >= 0.3 is 0 Å². The number of para-hydroxylation sites is 1. The molecule has 2 rings (SSSR count). The fourth-order valence-corrected chi connectivity index (χ4v) is 1.67. The Morgan fingerprint density at radius 1 is 1.00 bits per heavy atom. The van der Waals surface area contributed by atoms with Gasteiger partial charge in [0.2, 0.25) is 0 Å². The Kier molecular flexibility index (Phi) is 3.44. The van der Waals surface area contributed by atoms with Crippen molar-refractivity contribution in [1.29, 1.82) is 0 Å². The molecule has 0 saturated heterocycles. The van der Waals surface area contributed by atoms with E-state index in [-0.39, 0.29) is 0 Å². The van der Waals surface area contributed by atoms with Crippen LogP contribution >= 0.6 is 0 Å². The van der Waals surface area contributed by atoms with Crippen LogP contribution < -0.4 is 5.32 Å². The molecule has 0 saturated carbocycles. The predicted molar refractivity (Wildman–Crippen MR) is 71.1 cm³/mol. The molecule has 0 radical (unpaired) electrons. The number of carbonyl (C=O) groups excluding carboxylic acids is 1. The topological polar surface area (TPSA) is 49.3 Å². The number of nitrogens with one attached hydrogen (secondary N) is 1. The Morgan fingerprint density at radius 2 is 1.50 bits per heavy atom. The number of amides is 1. The predicted octanol–water partition coefficient (Wildman–Crippen LogP) is 2.53. The van der Waals surface area contributed by atoms with Crippen LogP contribution in [0.1, 0.15) is 12.5 Å². The zero-order chi connectivity index (χ0) is 13.0. The summed E-state index contributed by atoms with van der Waals surface area (Å²) in [6.07, 6.45) is 0.